The first-order valence-corrected chi connectivity index (χ1v) is 2.94. The molecular weight excluding hydrogens is 146 g/mol. The van der Waals surface area contributed by atoms with Crippen molar-refractivity contribution >= 4 is 5.97 Å². The van der Waals surface area contributed by atoms with Crippen molar-refractivity contribution in [1.29, 1.82) is 0 Å². The van der Waals surface area contributed by atoms with E-state index in [4.69, 9.17) is 0 Å². The van der Waals surface area contributed by atoms with Gasteiger partial charge in [0.1, 0.15) is 0 Å². The normalized spacial score (nSPS) is 9.18. The molecule has 0 saturated heterocycles. The van der Waals surface area contributed by atoms with Crippen LogP contribution in [0.5, 0.6) is 0 Å². The quantitative estimate of drug-likeness (QED) is 0.436. The Balaban J connectivity index is 2.57. The number of rotatable bonds is 2. The highest BCUT2D eigenvalue weighted by molar-refractivity contribution is 5.87. The molecule has 0 atom stereocenters. The van der Waals surface area contributed by atoms with E-state index in [-0.39, 0.29) is 0 Å². The Bertz CT molecular complexity index is 265. The second kappa shape index (κ2) is 2.96. The molecule has 0 unspecified atom stereocenters. The van der Waals surface area contributed by atoms with Crippen molar-refractivity contribution in [3.8, 4) is 0 Å². The molecule has 1 aromatic heterocycles. The monoisotopic (exact) mass is 153 g/mol. The van der Waals surface area contributed by atoms with Crippen molar-refractivity contribution in [3.63, 3.8) is 0 Å². The second-order valence-electron chi connectivity index (χ2n) is 1.96. The summed E-state index contributed by atoms with van der Waals surface area (Å²) in [5.41, 5.74) is 0.320. The molecule has 5 heteroatoms. The molecule has 0 aliphatic carbocycles. The fourth-order valence-electron chi connectivity index (χ4n) is 0.409. The minimum atomic E-state index is -0.518. The average molecular weight is 153 g/mol. The van der Waals surface area contributed by atoms with Gasteiger partial charge in [-0.3, -0.25) is 0 Å². The zero-order chi connectivity index (χ0) is 8.27. The second-order valence-corrected chi connectivity index (χ2v) is 1.96. The molecule has 0 aliphatic heterocycles. The SMILES string of the molecule is C=C(C)C(=O)On1ccnn1. The summed E-state index contributed by atoms with van der Waals surface area (Å²) in [4.78, 5) is 16.4. The van der Waals surface area contributed by atoms with Gasteiger partial charge in [0, 0.05) is 5.57 Å². The van der Waals surface area contributed by atoms with Crippen LogP contribution >= 0.6 is 0 Å². The summed E-state index contributed by atoms with van der Waals surface area (Å²) in [5.74, 6) is -0.518. The lowest BCUT2D eigenvalue weighted by Gasteiger charge is -1.98. The van der Waals surface area contributed by atoms with Gasteiger partial charge in [-0.05, 0) is 12.1 Å². The lowest BCUT2D eigenvalue weighted by molar-refractivity contribution is -0.141. The molecule has 0 saturated carbocycles. The minimum absolute atomic E-state index is 0.320. The van der Waals surface area contributed by atoms with Crippen LogP contribution in [-0.4, -0.2) is 21.1 Å². The molecule has 1 rings (SSSR count). The fourth-order valence-corrected chi connectivity index (χ4v) is 0.409. The first-order valence-electron chi connectivity index (χ1n) is 2.94. The van der Waals surface area contributed by atoms with E-state index in [1.54, 1.807) is 6.92 Å². The Kier molecular flexibility index (Phi) is 2.00. The summed E-state index contributed by atoms with van der Waals surface area (Å²) in [6, 6.07) is 0. The van der Waals surface area contributed by atoms with Crippen LogP contribution in [-0.2, 0) is 4.79 Å². The van der Waals surface area contributed by atoms with E-state index in [1.807, 2.05) is 0 Å². The van der Waals surface area contributed by atoms with Gasteiger partial charge < -0.3 is 4.84 Å². The zero-order valence-electron chi connectivity index (χ0n) is 6.02. The maximum absolute atomic E-state index is 10.8. The molecular formula is C6H7N3O2. The molecule has 1 aromatic rings. The predicted octanol–water partition coefficient (Wildman–Crippen LogP) is -0.191. The molecule has 0 amide bonds. The minimum Gasteiger partial charge on any atom is -0.313 e. The highest BCUT2D eigenvalue weighted by Gasteiger charge is 2.03. The Morgan fingerprint density at radius 2 is 2.45 bits per heavy atom. The third kappa shape index (κ3) is 1.89. The molecule has 58 valence electrons. The van der Waals surface area contributed by atoms with E-state index in [0.717, 1.165) is 4.85 Å². The summed E-state index contributed by atoms with van der Waals surface area (Å²) < 4.78 is 0. The Labute approximate surface area is 63.2 Å². The van der Waals surface area contributed by atoms with Gasteiger partial charge in [-0.15, -0.1) is 5.10 Å². The van der Waals surface area contributed by atoms with Crippen LogP contribution in [0.25, 0.3) is 0 Å². The van der Waals surface area contributed by atoms with Crippen molar-refractivity contribution < 1.29 is 9.63 Å². The largest absolute Gasteiger partial charge is 0.360 e. The van der Waals surface area contributed by atoms with E-state index >= 15 is 0 Å². The van der Waals surface area contributed by atoms with Crippen molar-refractivity contribution in [2.75, 3.05) is 0 Å². The smallest absolute Gasteiger partial charge is 0.313 e. The van der Waals surface area contributed by atoms with Gasteiger partial charge >= 0.3 is 5.97 Å². The summed E-state index contributed by atoms with van der Waals surface area (Å²) >= 11 is 0. The first-order chi connectivity index (χ1) is 5.20. The summed E-state index contributed by atoms with van der Waals surface area (Å²) in [7, 11) is 0. The summed E-state index contributed by atoms with van der Waals surface area (Å²) in [5, 5.41) is 6.86. The number of hydrogen-bond acceptors (Lipinski definition) is 4. The van der Waals surface area contributed by atoms with Gasteiger partial charge in [0.05, 0.1) is 12.4 Å². The van der Waals surface area contributed by atoms with Crippen molar-refractivity contribution in [2.24, 2.45) is 0 Å². The zero-order valence-corrected chi connectivity index (χ0v) is 6.02. The van der Waals surface area contributed by atoms with Crippen LogP contribution in [0, 0.1) is 0 Å². The van der Waals surface area contributed by atoms with Gasteiger partial charge in [0.2, 0.25) is 0 Å². The third-order valence-electron chi connectivity index (χ3n) is 0.926. The molecule has 0 aliphatic rings. The molecule has 0 bridgehead atoms. The van der Waals surface area contributed by atoms with E-state index < -0.39 is 5.97 Å². The molecule has 11 heavy (non-hydrogen) atoms. The highest BCUT2D eigenvalue weighted by atomic mass is 16.7. The van der Waals surface area contributed by atoms with Crippen molar-refractivity contribution in [1.82, 2.24) is 15.2 Å². The van der Waals surface area contributed by atoms with Crippen LogP contribution < -0.4 is 4.84 Å². The van der Waals surface area contributed by atoms with Gasteiger partial charge in [0.25, 0.3) is 0 Å². The van der Waals surface area contributed by atoms with Crippen LogP contribution in [0.3, 0.4) is 0 Å². The molecule has 5 nitrogen and oxygen atoms in total. The molecule has 0 N–H and O–H groups in total. The Morgan fingerprint density at radius 1 is 1.73 bits per heavy atom. The van der Waals surface area contributed by atoms with Crippen LogP contribution in [0.4, 0.5) is 0 Å². The summed E-state index contributed by atoms with van der Waals surface area (Å²) in [6.07, 6.45) is 2.83. The number of nitrogens with zero attached hydrogens (tertiary/aromatic N) is 3. The Hall–Kier alpha value is -1.65. The average Bonchev–Trinajstić information content (AvgIpc) is 2.39. The van der Waals surface area contributed by atoms with Crippen LogP contribution in [0.2, 0.25) is 0 Å². The fraction of sp³-hybridized carbons (Fsp3) is 0.167. The summed E-state index contributed by atoms with van der Waals surface area (Å²) in [6.45, 7) is 4.95. The van der Waals surface area contributed by atoms with E-state index in [2.05, 4.69) is 21.7 Å². The standard InChI is InChI=1S/C6H7N3O2/c1-5(2)6(10)11-9-4-3-7-8-9/h3-4H,1H2,2H3. The van der Waals surface area contributed by atoms with E-state index in [9.17, 15) is 4.79 Å². The molecule has 0 fully saturated rings. The van der Waals surface area contributed by atoms with E-state index in [0.29, 0.717) is 5.57 Å². The topological polar surface area (TPSA) is 57.0 Å². The van der Waals surface area contributed by atoms with Gasteiger partial charge in [0.15, 0.2) is 0 Å². The van der Waals surface area contributed by atoms with Crippen LogP contribution in [0.1, 0.15) is 6.92 Å². The van der Waals surface area contributed by atoms with Crippen LogP contribution in [0.15, 0.2) is 24.5 Å². The highest BCUT2D eigenvalue weighted by Crippen LogP contribution is 1.87. The number of carbonyl (C=O) groups excluding carboxylic acids is 1. The predicted molar refractivity (Wildman–Crippen MR) is 36.4 cm³/mol. The van der Waals surface area contributed by atoms with Gasteiger partial charge in [-0.1, -0.05) is 11.4 Å². The maximum atomic E-state index is 10.8. The number of carbonyl (C=O) groups is 1. The Morgan fingerprint density at radius 3 is 2.91 bits per heavy atom. The third-order valence-corrected chi connectivity index (χ3v) is 0.926. The van der Waals surface area contributed by atoms with Gasteiger partial charge in [-0.2, -0.15) is 0 Å². The number of aromatic nitrogens is 3. The van der Waals surface area contributed by atoms with Gasteiger partial charge in [-0.25, -0.2) is 4.79 Å². The first kappa shape index (κ1) is 7.46. The van der Waals surface area contributed by atoms with E-state index in [1.165, 1.54) is 12.4 Å². The maximum Gasteiger partial charge on any atom is 0.360 e. The molecule has 0 radical (unpaired) electrons. The molecule has 1 heterocycles. The van der Waals surface area contributed by atoms with Crippen molar-refractivity contribution in [2.45, 2.75) is 6.92 Å². The molecule has 0 spiro atoms. The lowest BCUT2D eigenvalue weighted by atomic mass is 10.4. The lowest BCUT2D eigenvalue weighted by Crippen LogP contribution is -2.20. The van der Waals surface area contributed by atoms with Crippen molar-refractivity contribution in [3.05, 3.63) is 24.5 Å². The molecule has 0 aromatic carbocycles. The number of hydrogen-bond donors (Lipinski definition) is 0.